The van der Waals surface area contributed by atoms with Crippen LogP contribution in [0.2, 0.25) is 0 Å². The number of nitrogens with one attached hydrogen (secondary N) is 1. The zero-order valence-corrected chi connectivity index (χ0v) is 13.7. The second-order valence-corrected chi connectivity index (χ2v) is 8.00. The largest absolute Gasteiger partial charge is 0.311 e. The molecule has 0 aromatic carbocycles. The Kier molecular flexibility index (Phi) is 5.04. The number of hydrogen-bond acceptors (Lipinski definition) is 3. The van der Waals surface area contributed by atoms with Crippen LogP contribution in [0.15, 0.2) is 6.07 Å². The van der Waals surface area contributed by atoms with Crippen LogP contribution in [0.1, 0.15) is 48.9 Å². The Balaban J connectivity index is 1.78. The standard InChI is InChI=1S/C16H28N2S/c1-16(2,3)17-9-10-18(4)12-14-11-13-7-5-6-8-15(13)19-14/h11,17H,5-10,12H2,1-4H3. The Bertz CT molecular complexity index is 380. The summed E-state index contributed by atoms with van der Waals surface area (Å²) in [7, 11) is 2.23. The van der Waals surface area contributed by atoms with Gasteiger partial charge in [0.2, 0.25) is 0 Å². The normalized spacial score (nSPS) is 15.8. The van der Waals surface area contributed by atoms with Crippen LogP contribution in [-0.4, -0.2) is 30.6 Å². The Morgan fingerprint density at radius 3 is 2.68 bits per heavy atom. The SMILES string of the molecule is CN(CCNC(C)(C)C)Cc1cc2c(s1)CCCC2. The maximum atomic E-state index is 3.55. The molecule has 0 saturated carbocycles. The van der Waals surface area contributed by atoms with Gasteiger partial charge in [-0.15, -0.1) is 11.3 Å². The van der Waals surface area contributed by atoms with Crippen LogP contribution in [0.5, 0.6) is 0 Å². The highest BCUT2D eigenvalue weighted by atomic mass is 32.1. The first-order valence-corrected chi connectivity index (χ1v) is 8.30. The van der Waals surface area contributed by atoms with Crippen molar-refractivity contribution in [2.75, 3.05) is 20.1 Å². The van der Waals surface area contributed by atoms with Gasteiger partial charge in [-0.3, -0.25) is 0 Å². The zero-order chi connectivity index (χ0) is 13.9. The quantitative estimate of drug-likeness (QED) is 0.889. The van der Waals surface area contributed by atoms with E-state index in [4.69, 9.17) is 0 Å². The maximum absolute atomic E-state index is 3.55. The molecule has 0 bridgehead atoms. The molecule has 0 aliphatic heterocycles. The van der Waals surface area contributed by atoms with Crippen molar-refractivity contribution in [3.05, 3.63) is 21.4 Å². The predicted molar refractivity (Wildman–Crippen MR) is 85.1 cm³/mol. The molecule has 1 aliphatic rings. The topological polar surface area (TPSA) is 15.3 Å². The number of rotatable bonds is 5. The molecule has 1 heterocycles. The summed E-state index contributed by atoms with van der Waals surface area (Å²) in [6, 6.07) is 2.45. The minimum Gasteiger partial charge on any atom is -0.311 e. The lowest BCUT2D eigenvalue weighted by molar-refractivity contribution is 0.305. The van der Waals surface area contributed by atoms with Gasteiger partial charge in [0.05, 0.1) is 0 Å². The summed E-state index contributed by atoms with van der Waals surface area (Å²) in [5.41, 5.74) is 1.86. The Labute approximate surface area is 122 Å². The lowest BCUT2D eigenvalue weighted by Crippen LogP contribution is -2.40. The van der Waals surface area contributed by atoms with Gasteiger partial charge in [0.1, 0.15) is 0 Å². The molecule has 2 nitrogen and oxygen atoms in total. The van der Waals surface area contributed by atoms with Crippen LogP contribution in [0.3, 0.4) is 0 Å². The summed E-state index contributed by atoms with van der Waals surface area (Å²) in [6.45, 7) is 9.94. The Morgan fingerprint density at radius 2 is 2.00 bits per heavy atom. The van der Waals surface area contributed by atoms with Crippen molar-refractivity contribution in [2.24, 2.45) is 0 Å². The Hall–Kier alpha value is -0.380. The zero-order valence-electron chi connectivity index (χ0n) is 12.9. The van der Waals surface area contributed by atoms with Crippen molar-refractivity contribution >= 4 is 11.3 Å². The summed E-state index contributed by atoms with van der Waals surface area (Å²) in [5.74, 6) is 0. The van der Waals surface area contributed by atoms with E-state index >= 15 is 0 Å². The van der Waals surface area contributed by atoms with Gasteiger partial charge in [-0.1, -0.05) is 0 Å². The first-order valence-electron chi connectivity index (χ1n) is 7.48. The van der Waals surface area contributed by atoms with Gasteiger partial charge in [0.15, 0.2) is 0 Å². The summed E-state index contributed by atoms with van der Waals surface area (Å²) in [5, 5.41) is 3.55. The van der Waals surface area contributed by atoms with E-state index in [1.165, 1.54) is 25.7 Å². The van der Waals surface area contributed by atoms with Gasteiger partial charge in [0, 0.05) is 34.9 Å². The lowest BCUT2D eigenvalue weighted by atomic mass is 9.99. The molecule has 19 heavy (non-hydrogen) atoms. The Morgan fingerprint density at radius 1 is 1.26 bits per heavy atom. The molecule has 0 radical (unpaired) electrons. The molecule has 1 aromatic rings. The van der Waals surface area contributed by atoms with Crippen molar-refractivity contribution in [1.82, 2.24) is 10.2 Å². The summed E-state index contributed by atoms with van der Waals surface area (Å²) < 4.78 is 0. The number of hydrogen-bond donors (Lipinski definition) is 1. The van der Waals surface area contributed by atoms with Gasteiger partial charge in [-0.2, -0.15) is 0 Å². The van der Waals surface area contributed by atoms with Crippen LogP contribution >= 0.6 is 11.3 Å². The molecule has 0 amide bonds. The minimum absolute atomic E-state index is 0.225. The number of aryl methyl sites for hydroxylation is 2. The average Bonchev–Trinajstić information content (AvgIpc) is 2.68. The van der Waals surface area contributed by atoms with Gasteiger partial charge in [-0.25, -0.2) is 0 Å². The molecule has 0 fully saturated rings. The summed E-state index contributed by atoms with van der Waals surface area (Å²) in [6.07, 6.45) is 5.39. The molecule has 0 saturated heterocycles. The third-order valence-electron chi connectivity index (χ3n) is 3.62. The molecule has 108 valence electrons. The van der Waals surface area contributed by atoms with Crippen molar-refractivity contribution < 1.29 is 0 Å². The average molecular weight is 280 g/mol. The highest BCUT2D eigenvalue weighted by Crippen LogP contribution is 2.30. The lowest BCUT2D eigenvalue weighted by Gasteiger charge is -2.23. The molecular formula is C16H28N2S. The van der Waals surface area contributed by atoms with E-state index < -0.39 is 0 Å². The first kappa shape index (κ1) is 15.0. The van der Waals surface area contributed by atoms with Crippen molar-refractivity contribution in [2.45, 2.75) is 58.5 Å². The fourth-order valence-corrected chi connectivity index (χ4v) is 3.94. The first-order chi connectivity index (χ1) is 8.94. The fourth-order valence-electron chi connectivity index (χ4n) is 2.60. The highest BCUT2D eigenvalue weighted by Gasteiger charge is 2.14. The van der Waals surface area contributed by atoms with E-state index in [2.05, 4.69) is 44.1 Å². The molecular weight excluding hydrogens is 252 g/mol. The number of thiophene rings is 1. The number of fused-ring (bicyclic) bond motifs is 1. The van der Waals surface area contributed by atoms with Crippen LogP contribution in [-0.2, 0) is 19.4 Å². The molecule has 2 rings (SSSR count). The van der Waals surface area contributed by atoms with E-state index in [0.29, 0.717) is 0 Å². The third kappa shape index (κ3) is 4.90. The summed E-state index contributed by atoms with van der Waals surface area (Å²) >= 11 is 2.04. The van der Waals surface area contributed by atoms with E-state index in [1.54, 1.807) is 15.3 Å². The fraction of sp³-hybridized carbons (Fsp3) is 0.750. The molecule has 0 atom stereocenters. The second-order valence-electron chi connectivity index (χ2n) is 6.78. The third-order valence-corrected chi connectivity index (χ3v) is 4.84. The molecule has 3 heteroatoms. The van der Waals surface area contributed by atoms with Crippen molar-refractivity contribution in [1.29, 1.82) is 0 Å². The van der Waals surface area contributed by atoms with E-state index in [-0.39, 0.29) is 5.54 Å². The van der Waals surface area contributed by atoms with Gasteiger partial charge in [-0.05, 0) is 65.1 Å². The number of likely N-dealkylation sites (N-methyl/N-ethyl adjacent to an activating group) is 1. The smallest absolute Gasteiger partial charge is 0.0325 e. The molecule has 1 aromatic heterocycles. The van der Waals surface area contributed by atoms with Crippen LogP contribution in [0.25, 0.3) is 0 Å². The van der Waals surface area contributed by atoms with Crippen LogP contribution in [0.4, 0.5) is 0 Å². The molecule has 1 aliphatic carbocycles. The van der Waals surface area contributed by atoms with Gasteiger partial charge < -0.3 is 10.2 Å². The minimum atomic E-state index is 0.225. The van der Waals surface area contributed by atoms with Gasteiger partial charge >= 0.3 is 0 Å². The monoisotopic (exact) mass is 280 g/mol. The molecule has 1 N–H and O–H groups in total. The van der Waals surface area contributed by atoms with Crippen LogP contribution in [0, 0.1) is 0 Å². The molecule has 0 unspecified atom stereocenters. The maximum Gasteiger partial charge on any atom is 0.0325 e. The summed E-state index contributed by atoms with van der Waals surface area (Å²) in [4.78, 5) is 5.63. The van der Waals surface area contributed by atoms with E-state index in [9.17, 15) is 0 Å². The van der Waals surface area contributed by atoms with Crippen molar-refractivity contribution in [3.8, 4) is 0 Å². The van der Waals surface area contributed by atoms with E-state index in [1.807, 2.05) is 11.3 Å². The number of nitrogens with zero attached hydrogens (tertiary/aromatic N) is 1. The van der Waals surface area contributed by atoms with Crippen LogP contribution < -0.4 is 5.32 Å². The second kappa shape index (κ2) is 6.38. The molecule has 0 spiro atoms. The predicted octanol–water partition coefficient (Wildman–Crippen LogP) is 3.45. The van der Waals surface area contributed by atoms with E-state index in [0.717, 1.165) is 19.6 Å². The highest BCUT2D eigenvalue weighted by molar-refractivity contribution is 7.12. The van der Waals surface area contributed by atoms with Gasteiger partial charge in [0.25, 0.3) is 0 Å². The van der Waals surface area contributed by atoms with Crippen molar-refractivity contribution in [3.63, 3.8) is 0 Å².